The van der Waals surface area contributed by atoms with Crippen molar-refractivity contribution in [3.8, 4) is 18.1 Å². The quantitative estimate of drug-likeness (QED) is 0.706. The van der Waals surface area contributed by atoms with Crippen LogP contribution in [0.2, 0.25) is 0 Å². The van der Waals surface area contributed by atoms with Gasteiger partial charge in [0.25, 0.3) is 0 Å². The van der Waals surface area contributed by atoms with Gasteiger partial charge >= 0.3 is 0 Å². The van der Waals surface area contributed by atoms with Crippen LogP contribution in [0, 0.1) is 18.2 Å². The fourth-order valence-electron chi connectivity index (χ4n) is 1.61. The third kappa shape index (κ3) is 5.73. The molecule has 3 nitrogen and oxygen atoms in total. The van der Waals surface area contributed by atoms with Crippen LogP contribution in [0.5, 0.6) is 5.75 Å². The van der Waals surface area contributed by atoms with Crippen molar-refractivity contribution in [1.29, 1.82) is 0 Å². The van der Waals surface area contributed by atoms with Crippen LogP contribution < -0.4 is 10.1 Å². The number of halogens is 1. The second kappa shape index (κ2) is 8.52. The molecule has 2 unspecified atom stereocenters. The molecule has 0 amide bonds. The average molecular weight is 265 g/mol. The number of aliphatic hydroxyl groups excluding tert-OH is 1. The van der Waals surface area contributed by atoms with Crippen LogP contribution in [0.4, 0.5) is 4.39 Å². The lowest BCUT2D eigenvalue weighted by molar-refractivity contribution is 0.101. The standard InChI is InChI=1S/C15H20FNO2/c1-3-7-12(4-2)17-10-13(18)11-19-15-9-6-5-8-14(15)16/h1,5-6,8-9,12-13,17-18H,4,7,10-11H2,2H3. The summed E-state index contributed by atoms with van der Waals surface area (Å²) < 4.78 is 18.5. The van der Waals surface area contributed by atoms with Crippen molar-refractivity contribution in [1.82, 2.24) is 5.32 Å². The van der Waals surface area contributed by atoms with Crippen molar-refractivity contribution >= 4 is 0 Å². The molecule has 0 radical (unpaired) electrons. The molecule has 1 rings (SSSR count). The Hall–Kier alpha value is -1.57. The number of nitrogens with one attached hydrogen (secondary N) is 1. The van der Waals surface area contributed by atoms with Gasteiger partial charge in [-0.2, -0.15) is 0 Å². The lowest BCUT2D eigenvalue weighted by Gasteiger charge is -2.18. The first kappa shape index (κ1) is 15.5. The molecule has 0 saturated heterocycles. The molecule has 0 aliphatic rings. The molecule has 0 spiro atoms. The summed E-state index contributed by atoms with van der Waals surface area (Å²) in [6.07, 6.45) is 6.06. The van der Waals surface area contributed by atoms with E-state index in [0.29, 0.717) is 13.0 Å². The van der Waals surface area contributed by atoms with E-state index < -0.39 is 11.9 Å². The highest BCUT2D eigenvalue weighted by Gasteiger charge is 2.10. The third-order valence-corrected chi connectivity index (χ3v) is 2.77. The Labute approximate surface area is 113 Å². The van der Waals surface area contributed by atoms with E-state index in [2.05, 4.69) is 11.2 Å². The number of hydrogen-bond acceptors (Lipinski definition) is 3. The van der Waals surface area contributed by atoms with Crippen LogP contribution in [-0.2, 0) is 0 Å². The summed E-state index contributed by atoms with van der Waals surface area (Å²) in [6.45, 7) is 2.44. The van der Waals surface area contributed by atoms with E-state index in [1.54, 1.807) is 12.1 Å². The minimum Gasteiger partial charge on any atom is -0.488 e. The number of para-hydroxylation sites is 1. The molecule has 4 heteroatoms. The van der Waals surface area contributed by atoms with Crippen molar-refractivity contribution in [3.63, 3.8) is 0 Å². The van der Waals surface area contributed by atoms with E-state index in [4.69, 9.17) is 11.2 Å². The van der Waals surface area contributed by atoms with Crippen molar-refractivity contribution in [2.45, 2.75) is 31.9 Å². The van der Waals surface area contributed by atoms with Crippen LogP contribution in [0.3, 0.4) is 0 Å². The number of aliphatic hydroxyl groups is 1. The van der Waals surface area contributed by atoms with Gasteiger partial charge in [0.2, 0.25) is 0 Å². The number of hydrogen-bond donors (Lipinski definition) is 2. The van der Waals surface area contributed by atoms with Gasteiger partial charge in [0, 0.05) is 19.0 Å². The van der Waals surface area contributed by atoms with Crippen molar-refractivity contribution in [2.24, 2.45) is 0 Å². The van der Waals surface area contributed by atoms with Gasteiger partial charge in [-0.05, 0) is 18.6 Å². The Morgan fingerprint density at radius 2 is 2.21 bits per heavy atom. The van der Waals surface area contributed by atoms with Crippen LogP contribution in [0.15, 0.2) is 24.3 Å². The molecule has 0 fully saturated rings. The first-order valence-electron chi connectivity index (χ1n) is 6.39. The molecule has 0 bridgehead atoms. The fourth-order valence-corrected chi connectivity index (χ4v) is 1.61. The zero-order valence-electron chi connectivity index (χ0n) is 11.1. The minimum atomic E-state index is -0.702. The van der Waals surface area contributed by atoms with E-state index in [0.717, 1.165) is 6.42 Å². The Kier molecular flexibility index (Phi) is 6.94. The second-order valence-electron chi connectivity index (χ2n) is 4.32. The van der Waals surface area contributed by atoms with Gasteiger partial charge in [-0.1, -0.05) is 19.1 Å². The Morgan fingerprint density at radius 3 is 2.84 bits per heavy atom. The van der Waals surface area contributed by atoms with E-state index >= 15 is 0 Å². The Balaban J connectivity index is 2.30. The highest BCUT2D eigenvalue weighted by Crippen LogP contribution is 2.15. The smallest absolute Gasteiger partial charge is 0.165 e. The van der Waals surface area contributed by atoms with Gasteiger partial charge in [0.1, 0.15) is 12.7 Å². The average Bonchev–Trinajstić information content (AvgIpc) is 2.42. The molecule has 0 aliphatic heterocycles. The maximum absolute atomic E-state index is 13.3. The minimum absolute atomic E-state index is 0.0421. The molecule has 1 aromatic carbocycles. The van der Waals surface area contributed by atoms with Gasteiger partial charge in [0.05, 0.1) is 0 Å². The zero-order chi connectivity index (χ0) is 14.1. The normalized spacial score (nSPS) is 13.6. The van der Waals surface area contributed by atoms with Gasteiger partial charge < -0.3 is 15.2 Å². The highest BCUT2D eigenvalue weighted by atomic mass is 19.1. The molecular formula is C15H20FNO2. The van der Waals surface area contributed by atoms with Crippen molar-refractivity contribution in [2.75, 3.05) is 13.2 Å². The Morgan fingerprint density at radius 1 is 1.47 bits per heavy atom. The summed E-state index contributed by atoms with van der Waals surface area (Å²) in [4.78, 5) is 0. The molecule has 0 aromatic heterocycles. The lowest BCUT2D eigenvalue weighted by Crippen LogP contribution is -2.37. The van der Waals surface area contributed by atoms with E-state index in [1.807, 2.05) is 6.92 Å². The van der Waals surface area contributed by atoms with Gasteiger partial charge in [-0.25, -0.2) is 4.39 Å². The first-order valence-corrected chi connectivity index (χ1v) is 6.39. The SMILES string of the molecule is C#CCC(CC)NCC(O)COc1ccccc1F. The van der Waals surface area contributed by atoms with Crippen molar-refractivity contribution < 1.29 is 14.2 Å². The topological polar surface area (TPSA) is 41.5 Å². The fraction of sp³-hybridized carbons (Fsp3) is 0.467. The number of benzene rings is 1. The van der Waals surface area contributed by atoms with E-state index in [1.165, 1.54) is 12.1 Å². The third-order valence-electron chi connectivity index (χ3n) is 2.77. The van der Waals surface area contributed by atoms with Crippen LogP contribution in [0.1, 0.15) is 19.8 Å². The molecule has 2 N–H and O–H groups in total. The van der Waals surface area contributed by atoms with Crippen LogP contribution >= 0.6 is 0 Å². The Bertz CT molecular complexity index is 417. The van der Waals surface area contributed by atoms with Crippen molar-refractivity contribution in [3.05, 3.63) is 30.1 Å². The van der Waals surface area contributed by atoms with E-state index in [-0.39, 0.29) is 18.4 Å². The van der Waals surface area contributed by atoms with Gasteiger partial charge in [-0.15, -0.1) is 12.3 Å². The number of ether oxygens (including phenoxy) is 1. The van der Waals surface area contributed by atoms with Gasteiger partial charge in [0.15, 0.2) is 11.6 Å². The van der Waals surface area contributed by atoms with Crippen LogP contribution in [0.25, 0.3) is 0 Å². The molecule has 0 aliphatic carbocycles. The highest BCUT2D eigenvalue weighted by molar-refractivity contribution is 5.23. The summed E-state index contributed by atoms with van der Waals surface area (Å²) >= 11 is 0. The molecule has 2 atom stereocenters. The summed E-state index contributed by atoms with van der Waals surface area (Å²) in [5.41, 5.74) is 0. The predicted octanol–water partition coefficient (Wildman–Crippen LogP) is 1.96. The molecular weight excluding hydrogens is 245 g/mol. The molecule has 104 valence electrons. The summed E-state index contributed by atoms with van der Waals surface area (Å²) in [5, 5.41) is 12.9. The van der Waals surface area contributed by atoms with Crippen LogP contribution in [-0.4, -0.2) is 30.4 Å². The first-order chi connectivity index (χ1) is 9.17. The predicted molar refractivity (Wildman–Crippen MR) is 73.4 cm³/mol. The largest absolute Gasteiger partial charge is 0.488 e. The lowest BCUT2D eigenvalue weighted by atomic mass is 10.1. The maximum Gasteiger partial charge on any atom is 0.165 e. The molecule has 19 heavy (non-hydrogen) atoms. The number of terminal acetylenes is 1. The zero-order valence-corrected chi connectivity index (χ0v) is 11.1. The van der Waals surface area contributed by atoms with E-state index in [9.17, 15) is 9.50 Å². The summed E-state index contributed by atoms with van der Waals surface area (Å²) in [5.74, 6) is 2.30. The molecule has 1 aromatic rings. The summed E-state index contributed by atoms with van der Waals surface area (Å²) in [6, 6.07) is 6.31. The second-order valence-corrected chi connectivity index (χ2v) is 4.32. The monoisotopic (exact) mass is 265 g/mol. The number of rotatable bonds is 8. The summed E-state index contributed by atoms with van der Waals surface area (Å²) in [7, 11) is 0. The molecule has 0 saturated carbocycles. The maximum atomic E-state index is 13.3. The molecule has 0 heterocycles. The van der Waals surface area contributed by atoms with Gasteiger partial charge in [-0.3, -0.25) is 0 Å².